The number of aryl methyl sites for hydroxylation is 1. The fourth-order valence-corrected chi connectivity index (χ4v) is 2.03. The number of anilines is 1. The Balaban J connectivity index is 0.000000769. The maximum absolute atomic E-state index is 9.08. The van der Waals surface area contributed by atoms with Crippen LogP contribution < -0.4 is 35.3 Å². The molecule has 160 valence electrons. The van der Waals surface area contributed by atoms with E-state index in [0.717, 1.165) is 24.1 Å². The number of para-hydroxylation sites is 1. The zero-order valence-electron chi connectivity index (χ0n) is 17.5. The van der Waals surface area contributed by atoms with E-state index in [0.29, 0.717) is 17.8 Å². The van der Waals surface area contributed by atoms with Gasteiger partial charge < -0.3 is 10.3 Å². The number of nitrogens with zero attached hydrogens (tertiary/aromatic N) is 5. The number of rotatable bonds is 3. The van der Waals surface area contributed by atoms with Crippen molar-refractivity contribution in [2.45, 2.75) is 6.92 Å². The molecule has 0 radical (unpaired) electrons. The van der Waals surface area contributed by atoms with Crippen LogP contribution >= 0.6 is 0 Å². The predicted octanol–water partition coefficient (Wildman–Crippen LogP) is 0.237. The molecule has 11 nitrogen and oxygen atoms in total. The molecule has 1 aromatic heterocycles. The molecule has 0 fully saturated rings. The Labute approximate surface area is 202 Å². The monoisotopic (exact) mass is 456 g/mol. The predicted molar refractivity (Wildman–Crippen MR) is 112 cm³/mol. The van der Waals surface area contributed by atoms with Crippen molar-refractivity contribution in [1.29, 1.82) is 0 Å². The van der Waals surface area contributed by atoms with Gasteiger partial charge in [0.2, 0.25) is 0 Å². The van der Waals surface area contributed by atoms with Crippen molar-refractivity contribution in [3.8, 4) is 5.69 Å². The van der Waals surface area contributed by atoms with Gasteiger partial charge in [0.15, 0.2) is 18.6 Å². The molecule has 3 aromatic rings. The summed E-state index contributed by atoms with van der Waals surface area (Å²) in [6.07, 6.45) is 0.604. The van der Waals surface area contributed by atoms with E-state index in [2.05, 4.69) is 15.3 Å². The third-order valence-corrected chi connectivity index (χ3v) is 3.09. The minimum Gasteiger partial charge on any atom is -0.748 e. The Morgan fingerprint density at radius 2 is 1.45 bits per heavy atom. The summed E-state index contributed by atoms with van der Waals surface area (Å²) in [5.41, 5.74) is 9.18. The van der Waals surface area contributed by atoms with E-state index < -0.39 is 15.0 Å². The third-order valence-electron chi connectivity index (χ3n) is 3.09. The summed E-state index contributed by atoms with van der Waals surface area (Å²) < 4.78 is 28.9. The standard InChI is InChI=1S/C16H15N5.CH3NO2.CH4O3S.Na/c1-12-15(19-18-13-8-4-2-5-9-13)16(17)21(20-12)14-10-6-3-7-11-14;1-2(3)4;1-5(2,3)4;/h2-11H,17H2,1H3;1H3;1H3,(H,2,3,4);/q;;;+1/p-1. The average Bonchev–Trinajstić information content (AvgIpc) is 2.94. The van der Waals surface area contributed by atoms with E-state index in [1.807, 2.05) is 67.6 Å². The molecular formula is C18H21N6NaO5S. The Kier molecular flexibility index (Phi) is 12.5. The second-order valence-electron chi connectivity index (χ2n) is 5.75. The maximum Gasteiger partial charge on any atom is 1.00 e. The molecule has 3 rings (SSSR count). The first-order chi connectivity index (χ1) is 14.0. The molecule has 1 heterocycles. The Morgan fingerprint density at radius 3 is 1.90 bits per heavy atom. The molecule has 13 heteroatoms. The van der Waals surface area contributed by atoms with Gasteiger partial charge in [0.1, 0.15) is 0 Å². The van der Waals surface area contributed by atoms with Gasteiger partial charge in [0.05, 0.1) is 27.2 Å². The van der Waals surface area contributed by atoms with Gasteiger partial charge in [-0.1, -0.05) is 36.4 Å². The quantitative estimate of drug-likeness (QED) is 0.193. The van der Waals surface area contributed by atoms with Crippen LogP contribution in [-0.2, 0) is 10.1 Å². The number of azo groups is 1. The molecule has 2 N–H and O–H groups in total. The fraction of sp³-hybridized carbons (Fsp3) is 0.167. The largest absolute Gasteiger partial charge is 1.00 e. The van der Waals surface area contributed by atoms with E-state index in [9.17, 15) is 0 Å². The first-order valence-corrected chi connectivity index (χ1v) is 10.2. The number of aromatic nitrogens is 2. The summed E-state index contributed by atoms with van der Waals surface area (Å²) in [7, 11) is -3.03. The Morgan fingerprint density at radius 1 is 1.03 bits per heavy atom. The second kappa shape index (κ2) is 13.6. The molecule has 31 heavy (non-hydrogen) atoms. The van der Waals surface area contributed by atoms with Crippen LogP contribution in [0.3, 0.4) is 0 Å². The van der Waals surface area contributed by atoms with Crippen molar-refractivity contribution in [1.82, 2.24) is 9.78 Å². The molecule has 0 spiro atoms. The number of benzene rings is 2. The van der Waals surface area contributed by atoms with E-state index in [-0.39, 0.29) is 29.6 Å². The summed E-state index contributed by atoms with van der Waals surface area (Å²) >= 11 is 0. The summed E-state index contributed by atoms with van der Waals surface area (Å²) in [5.74, 6) is 0.485. The number of nitrogen functional groups attached to an aromatic ring is 1. The molecular weight excluding hydrogens is 435 g/mol. The summed E-state index contributed by atoms with van der Waals surface area (Å²) in [6, 6.07) is 19.3. The van der Waals surface area contributed by atoms with Gasteiger partial charge in [-0.3, -0.25) is 10.1 Å². The third kappa shape index (κ3) is 12.0. The van der Waals surface area contributed by atoms with Crippen molar-refractivity contribution < 1.29 is 47.5 Å². The smallest absolute Gasteiger partial charge is 0.748 e. The van der Waals surface area contributed by atoms with Crippen LogP contribution in [-0.4, -0.2) is 41.0 Å². The maximum atomic E-state index is 9.08. The second-order valence-corrected chi connectivity index (χ2v) is 7.15. The molecule has 0 bridgehead atoms. The zero-order valence-corrected chi connectivity index (χ0v) is 20.4. The molecule has 0 saturated heterocycles. The molecule has 2 aromatic carbocycles. The van der Waals surface area contributed by atoms with Crippen LogP contribution in [0.15, 0.2) is 70.9 Å². The van der Waals surface area contributed by atoms with Gasteiger partial charge in [-0.05, 0) is 31.2 Å². The summed E-state index contributed by atoms with van der Waals surface area (Å²) in [5, 5.41) is 21.7. The van der Waals surface area contributed by atoms with Crippen LogP contribution in [0.2, 0.25) is 0 Å². The molecule has 0 saturated carbocycles. The zero-order chi connectivity index (χ0) is 22.7. The first-order valence-electron chi connectivity index (χ1n) is 8.35. The Hall–Kier alpha value is -2.64. The van der Waals surface area contributed by atoms with E-state index in [4.69, 9.17) is 28.8 Å². The fourth-order valence-electron chi connectivity index (χ4n) is 2.03. The molecule has 0 amide bonds. The molecule has 0 aliphatic rings. The average molecular weight is 456 g/mol. The number of hydrogen-bond donors (Lipinski definition) is 1. The van der Waals surface area contributed by atoms with Crippen molar-refractivity contribution >= 4 is 27.3 Å². The number of nitro groups is 1. The van der Waals surface area contributed by atoms with Crippen molar-refractivity contribution in [3.63, 3.8) is 0 Å². The molecule has 0 unspecified atom stereocenters. The van der Waals surface area contributed by atoms with Gasteiger partial charge in [0.25, 0.3) is 0 Å². The van der Waals surface area contributed by atoms with Crippen molar-refractivity contribution in [2.24, 2.45) is 10.2 Å². The van der Waals surface area contributed by atoms with Gasteiger partial charge in [-0.2, -0.15) is 10.2 Å². The van der Waals surface area contributed by atoms with Crippen molar-refractivity contribution in [2.75, 3.05) is 19.0 Å². The SMILES string of the molecule is CS(=O)(=O)[O-].C[N+](=O)[O-].Cc1nn(-c2ccccc2)c(N)c1N=Nc1ccccc1.[Na+]. The van der Waals surface area contributed by atoms with Gasteiger partial charge >= 0.3 is 29.6 Å². The van der Waals surface area contributed by atoms with Crippen LogP contribution in [0, 0.1) is 17.0 Å². The van der Waals surface area contributed by atoms with Gasteiger partial charge in [-0.15, -0.1) is 5.11 Å². The molecule has 0 aliphatic heterocycles. The van der Waals surface area contributed by atoms with E-state index >= 15 is 0 Å². The summed E-state index contributed by atoms with van der Waals surface area (Å²) in [6.45, 7) is 1.87. The van der Waals surface area contributed by atoms with E-state index in [1.165, 1.54) is 0 Å². The van der Waals surface area contributed by atoms with E-state index in [1.54, 1.807) is 4.68 Å². The summed E-state index contributed by atoms with van der Waals surface area (Å²) in [4.78, 5) is 8.31. The minimum atomic E-state index is -3.92. The first kappa shape index (κ1) is 28.4. The van der Waals surface area contributed by atoms with Crippen LogP contribution in [0.5, 0.6) is 0 Å². The Bertz CT molecular complexity index is 1080. The van der Waals surface area contributed by atoms with Crippen molar-refractivity contribution in [3.05, 3.63) is 76.5 Å². The molecule has 0 atom stereocenters. The van der Waals surface area contributed by atoms with Crippen LogP contribution in [0.4, 0.5) is 17.2 Å². The van der Waals surface area contributed by atoms with Gasteiger partial charge in [0, 0.05) is 11.2 Å². The molecule has 0 aliphatic carbocycles. The minimum absolute atomic E-state index is 0. The number of hydrogen-bond acceptors (Lipinski definition) is 9. The van der Waals surface area contributed by atoms with Crippen LogP contribution in [0.1, 0.15) is 5.69 Å². The topological polar surface area (TPSA) is 169 Å². The number of nitrogens with two attached hydrogens (primary N) is 1. The van der Waals surface area contributed by atoms with Crippen LogP contribution in [0.25, 0.3) is 5.69 Å². The van der Waals surface area contributed by atoms with Gasteiger partial charge in [-0.25, -0.2) is 13.1 Å². The normalized spacial score (nSPS) is 10.2.